The third kappa shape index (κ3) is 3.49. The molecule has 0 unspecified atom stereocenters. The molecule has 0 saturated carbocycles. The van der Waals surface area contributed by atoms with E-state index in [9.17, 15) is 24.5 Å². The lowest BCUT2D eigenvalue weighted by Gasteiger charge is -2.14. The van der Waals surface area contributed by atoms with Crippen molar-refractivity contribution in [2.45, 2.75) is 6.92 Å². The zero-order valence-corrected chi connectivity index (χ0v) is 16.6. The van der Waals surface area contributed by atoms with Crippen molar-refractivity contribution >= 4 is 34.9 Å². The first-order valence-corrected chi connectivity index (χ1v) is 9.18. The number of fused-ring (bicyclic) bond motifs is 1. The number of imide groups is 1. The number of ether oxygens (including phenoxy) is 1. The maximum atomic E-state index is 12.7. The van der Waals surface area contributed by atoms with Crippen molar-refractivity contribution in [3.63, 3.8) is 0 Å². The zero-order valence-electron chi connectivity index (χ0n) is 15.8. The number of benzene rings is 2. The van der Waals surface area contributed by atoms with Gasteiger partial charge in [0.25, 0.3) is 23.1 Å². The molecule has 2 amide bonds. The van der Waals surface area contributed by atoms with Crippen molar-refractivity contribution in [3.8, 4) is 17.2 Å². The normalized spacial score (nSPS) is 12.5. The van der Waals surface area contributed by atoms with Crippen LogP contribution in [0.5, 0.6) is 11.5 Å². The summed E-state index contributed by atoms with van der Waals surface area (Å²) in [5.41, 5.74) is 5.26. The standard InChI is InChI=1S/C20H13ClN4O6/c1-9-4-10(21)2-3-15(9)31-13-6-11(5-12(7-13)25(29)30)24-16(26)8-14-17(18(24)22)20(28)23-19(14)27/h2-8H,22H2,1H3,(H,23,27,28). The molecule has 4 rings (SSSR count). The molecule has 0 aliphatic carbocycles. The van der Waals surface area contributed by atoms with Gasteiger partial charge in [-0.2, -0.15) is 0 Å². The highest BCUT2D eigenvalue weighted by Crippen LogP contribution is 2.32. The van der Waals surface area contributed by atoms with Crippen LogP contribution < -0.4 is 21.3 Å². The molecule has 10 nitrogen and oxygen atoms in total. The number of anilines is 1. The number of aromatic nitrogens is 1. The van der Waals surface area contributed by atoms with Gasteiger partial charge in [-0.15, -0.1) is 0 Å². The van der Waals surface area contributed by atoms with Crippen molar-refractivity contribution in [2.24, 2.45) is 0 Å². The number of nitro benzene ring substituents is 1. The number of hydrogen-bond donors (Lipinski definition) is 2. The summed E-state index contributed by atoms with van der Waals surface area (Å²) in [7, 11) is 0. The summed E-state index contributed by atoms with van der Waals surface area (Å²) in [6, 6.07) is 9.47. The van der Waals surface area contributed by atoms with Crippen LogP contribution in [0.2, 0.25) is 5.02 Å². The molecule has 0 fully saturated rings. The second-order valence-corrected chi connectivity index (χ2v) is 7.17. The predicted molar refractivity (Wildman–Crippen MR) is 111 cm³/mol. The van der Waals surface area contributed by atoms with Gasteiger partial charge in [-0.1, -0.05) is 11.6 Å². The smallest absolute Gasteiger partial charge is 0.275 e. The minimum atomic E-state index is -0.759. The number of pyridine rings is 1. The number of carbonyl (C=O) groups excluding carboxylic acids is 2. The Balaban J connectivity index is 1.89. The number of rotatable bonds is 4. The van der Waals surface area contributed by atoms with Crippen molar-refractivity contribution in [3.05, 3.63) is 84.6 Å². The van der Waals surface area contributed by atoms with E-state index >= 15 is 0 Å². The Kier molecular flexibility index (Phi) is 4.71. The second kappa shape index (κ2) is 7.26. The van der Waals surface area contributed by atoms with E-state index in [1.54, 1.807) is 25.1 Å². The third-order valence-electron chi connectivity index (χ3n) is 4.66. The predicted octanol–water partition coefficient (Wildman–Crippen LogP) is 2.97. The maximum Gasteiger partial charge on any atom is 0.275 e. The SMILES string of the molecule is Cc1cc(Cl)ccc1Oc1cc(-n2c(N)c3c(cc2=O)C(=O)NC3=O)cc([N+](=O)[O-])c1. The van der Waals surface area contributed by atoms with Gasteiger partial charge in [0, 0.05) is 23.2 Å². The molecule has 3 aromatic rings. The number of nitrogens with two attached hydrogens (primary N) is 1. The van der Waals surface area contributed by atoms with Gasteiger partial charge in [-0.05, 0) is 30.7 Å². The molecule has 2 heterocycles. The van der Waals surface area contributed by atoms with E-state index in [1.165, 1.54) is 12.1 Å². The Morgan fingerprint density at radius 2 is 1.84 bits per heavy atom. The van der Waals surface area contributed by atoms with E-state index in [-0.39, 0.29) is 34.1 Å². The van der Waals surface area contributed by atoms with E-state index in [1.807, 2.05) is 0 Å². The van der Waals surface area contributed by atoms with Crippen LogP contribution in [-0.4, -0.2) is 21.3 Å². The molecule has 0 atom stereocenters. The van der Waals surface area contributed by atoms with Crippen LogP contribution in [0.1, 0.15) is 26.3 Å². The Hall–Kier alpha value is -4.18. The molecule has 11 heteroatoms. The van der Waals surface area contributed by atoms with Gasteiger partial charge < -0.3 is 10.5 Å². The fourth-order valence-electron chi connectivity index (χ4n) is 3.26. The first-order chi connectivity index (χ1) is 14.7. The molecule has 156 valence electrons. The summed E-state index contributed by atoms with van der Waals surface area (Å²) < 4.78 is 6.68. The summed E-state index contributed by atoms with van der Waals surface area (Å²) in [6.45, 7) is 1.75. The molecular weight excluding hydrogens is 428 g/mol. The van der Waals surface area contributed by atoms with Gasteiger partial charge in [0.05, 0.1) is 27.8 Å². The summed E-state index contributed by atoms with van der Waals surface area (Å²) in [5, 5.41) is 14.0. The number of amides is 2. The average molecular weight is 441 g/mol. The minimum absolute atomic E-state index is 0.00624. The highest BCUT2D eigenvalue weighted by atomic mass is 35.5. The van der Waals surface area contributed by atoms with Crippen LogP contribution in [0.4, 0.5) is 11.5 Å². The molecule has 1 aliphatic heterocycles. The molecule has 0 spiro atoms. The van der Waals surface area contributed by atoms with Crippen molar-refractivity contribution in [1.82, 2.24) is 9.88 Å². The van der Waals surface area contributed by atoms with E-state index in [4.69, 9.17) is 22.1 Å². The van der Waals surface area contributed by atoms with Gasteiger partial charge in [0.15, 0.2) is 0 Å². The van der Waals surface area contributed by atoms with Gasteiger partial charge in [0.2, 0.25) is 0 Å². The largest absolute Gasteiger partial charge is 0.457 e. The Morgan fingerprint density at radius 3 is 2.52 bits per heavy atom. The van der Waals surface area contributed by atoms with Gasteiger partial charge in [-0.25, -0.2) is 0 Å². The number of non-ortho nitro benzene ring substituents is 1. The van der Waals surface area contributed by atoms with Gasteiger partial charge in [0.1, 0.15) is 17.3 Å². The lowest BCUT2D eigenvalue weighted by Crippen LogP contribution is -2.24. The lowest BCUT2D eigenvalue weighted by molar-refractivity contribution is -0.384. The van der Waals surface area contributed by atoms with Crippen molar-refractivity contribution in [1.29, 1.82) is 0 Å². The number of nitro groups is 1. The fraction of sp³-hybridized carbons (Fsp3) is 0.0500. The van der Waals surface area contributed by atoms with Crippen LogP contribution in [0.3, 0.4) is 0 Å². The summed E-state index contributed by atoms with van der Waals surface area (Å²) in [6.07, 6.45) is 0. The monoisotopic (exact) mass is 440 g/mol. The number of carbonyl (C=O) groups is 2. The first kappa shape index (κ1) is 20.1. The van der Waals surface area contributed by atoms with E-state index in [2.05, 4.69) is 5.32 Å². The molecule has 1 aromatic heterocycles. The molecule has 2 aromatic carbocycles. The molecular formula is C20H13ClN4O6. The van der Waals surface area contributed by atoms with E-state index in [0.717, 1.165) is 16.7 Å². The van der Waals surface area contributed by atoms with Gasteiger partial charge >= 0.3 is 0 Å². The second-order valence-electron chi connectivity index (χ2n) is 6.73. The van der Waals surface area contributed by atoms with Crippen molar-refractivity contribution in [2.75, 3.05) is 5.73 Å². The van der Waals surface area contributed by atoms with Crippen LogP contribution in [-0.2, 0) is 0 Å². The maximum absolute atomic E-state index is 12.7. The highest BCUT2D eigenvalue weighted by Gasteiger charge is 2.32. The Bertz CT molecular complexity index is 1360. The molecule has 0 bridgehead atoms. The summed E-state index contributed by atoms with van der Waals surface area (Å²) in [4.78, 5) is 47.4. The van der Waals surface area contributed by atoms with Gasteiger partial charge in [-0.3, -0.25) is 34.4 Å². The first-order valence-electron chi connectivity index (χ1n) is 8.81. The van der Waals surface area contributed by atoms with Crippen LogP contribution in [0.25, 0.3) is 5.69 Å². The Labute approximate surface area is 179 Å². The number of aryl methyl sites for hydroxylation is 1. The molecule has 31 heavy (non-hydrogen) atoms. The molecule has 3 N–H and O–H groups in total. The molecule has 0 saturated heterocycles. The van der Waals surface area contributed by atoms with Crippen LogP contribution in [0.15, 0.2) is 47.3 Å². The Morgan fingerprint density at radius 1 is 1.10 bits per heavy atom. The minimum Gasteiger partial charge on any atom is -0.457 e. The summed E-state index contributed by atoms with van der Waals surface area (Å²) in [5.74, 6) is -1.36. The van der Waals surface area contributed by atoms with Crippen molar-refractivity contribution < 1.29 is 19.2 Å². The average Bonchev–Trinajstić information content (AvgIpc) is 2.97. The zero-order chi connectivity index (χ0) is 22.4. The lowest BCUT2D eigenvalue weighted by atomic mass is 10.1. The highest BCUT2D eigenvalue weighted by molar-refractivity contribution is 6.30. The van der Waals surface area contributed by atoms with Crippen LogP contribution in [0, 0.1) is 17.0 Å². The number of halogens is 1. The van der Waals surface area contributed by atoms with E-state index < -0.39 is 22.3 Å². The van der Waals surface area contributed by atoms with E-state index in [0.29, 0.717) is 16.3 Å². The number of nitrogen functional groups attached to an aromatic ring is 1. The topological polar surface area (TPSA) is 147 Å². The number of hydrogen-bond acceptors (Lipinski definition) is 7. The molecule has 0 radical (unpaired) electrons. The fourth-order valence-corrected chi connectivity index (χ4v) is 3.49. The number of nitrogens with zero attached hydrogens (tertiary/aromatic N) is 2. The third-order valence-corrected chi connectivity index (χ3v) is 4.90. The number of nitrogens with one attached hydrogen (secondary N) is 1. The summed E-state index contributed by atoms with van der Waals surface area (Å²) >= 11 is 5.94. The van der Waals surface area contributed by atoms with Crippen LogP contribution >= 0.6 is 11.6 Å². The molecule has 1 aliphatic rings. The quantitative estimate of drug-likeness (QED) is 0.360.